The SMILES string of the molecule is COCCNC(=O)/C(C#N)=C/c1ccc(OC(=O)COc2ccc(Br)c(C)c2)cc1. The molecule has 0 fully saturated rings. The van der Waals surface area contributed by atoms with Crippen LogP contribution in [0, 0.1) is 18.3 Å². The molecule has 0 spiro atoms. The van der Waals surface area contributed by atoms with Gasteiger partial charge in [-0.3, -0.25) is 4.79 Å². The number of amides is 1. The first kappa shape index (κ1) is 23.1. The third-order valence-electron chi connectivity index (χ3n) is 3.87. The standard InChI is InChI=1S/C22H21BrN2O5/c1-15-11-19(7-8-20(15)23)29-14-21(26)30-18-5-3-16(4-6-18)12-17(13-24)22(27)25-9-10-28-2/h3-8,11-12H,9-10,14H2,1-2H3,(H,25,27)/b17-12+. The van der Waals surface area contributed by atoms with Crippen molar-refractivity contribution in [3.05, 3.63) is 63.6 Å². The first-order valence-electron chi connectivity index (χ1n) is 9.01. The maximum atomic E-state index is 12.0. The van der Waals surface area contributed by atoms with E-state index in [9.17, 15) is 14.9 Å². The molecule has 0 aliphatic carbocycles. The van der Waals surface area contributed by atoms with E-state index < -0.39 is 11.9 Å². The van der Waals surface area contributed by atoms with Crippen molar-refractivity contribution in [3.8, 4) is 17.6 Å². The van der Waals surface area contributed by atoms with Crippen LogP contribution in [0.2, 0.25) is 0 Å². The number of ether oxygens (including phenoxy) is 3. The molecule has 0 bridgehead atoms. The predicted octanol–water partition coefficient (Wildman–Crippen LogP) is 3.41. The van der Waals surface area contributed by atoms with Crippen LogP contribution < -0.4 is 14.8 Å². The van der Waals surface area contributed by atoms with Crippen molar-refractivity contribution in [2.24, 2.45) is 0 Å². The molecule has 1 amide bonds. The topological polar surface area (TPSA) is 97.6 Å². The largest absolute Gasteiger partial charge is 0.482 e. The van der Waals surface area contributed by atoms with E-state index in [-0.39, 0.29) is 12.2 Å². The van der Waals surface area contributed by atoms with Gasteiger partial charge in [-0.2, -0.15) is 5.26 Å². The normalized spacial score (nSPS) is 10.8. The Morgan fingerprint density at radius 2 is 1.87 bits per heavy atom. The molecule has 0 aromatic heterocycles. The van der Waals surface area contributed by atoms with Gasteiger partial charge in [-0.05, 0) is 54.5 Å². The van der Waals surface area contributed by atoms with Crippen molar-refractivity contribution in [2.45, 2.75) is 6.92 Å². The number of aryl methyl sites for hydroxylation is 1. The molecular formula is C22H21BrN2O5. The third kappa shape index (κ3) is 7.35. The molecule has 7 nitrogen and oxygen atoms in total. The summed E-state index contributed by atoms with van der Waals surface area (Å²) in [5, 5.41) is 11.8. The van der Waals surface area contributed by atoms with Gasteiger partial charge in [0.1, 0.15) is 23.1 Å². The van der Waals surface area contributed by atoms with Crippen molar-refractivity contribution in [3.63, 3.8) is 0 Å². The Kier molecular flexibility index (Phi) is 9.06. The summed E-state index contributed by atoms with van der Waals surface area (Å²) in [7, 11) is 1.52. The summed E-state index contributed by atoms with van der Waals surface area (Å²) in [5.41, 5.74) is 1.58. The summed E-state index contributed by atoms with van der Waals surface area (Å²) < 4.78 is 16.5. The average Bonchev–Trinajstić information content (AvgIpc) is 2.74. The number of hydrogen-bond acceptors (Lipinski definition) is 6. The second-order valence-electron chi connectivity index (χ2n) is 6.16. The average molecular weight is 473 g/mol. The Balaban J connectivity index is 1.91. The zero-order valence-electron chi connectivity index (χ0n) is 16.6. The molecule has 0 saturated heterocycles. The first-order valence-corrected chi connectivity index (χ1v) is 9.81. The first-order chi connectivity index (χ1) is 14.4. The van der Waals surface area contributed by atoms with Crippen molar-refractivity contribution in [1.82, 2.24) is 5.32 Å². The van der Waals surface area contributed by atoms with E-state index in [0.29, 0.717) is 30.2 Å². The summed E-state index contributed by atoms with van der Waals surface area (Å²) in [6.45, 7) is 2.36. The van der Waals surface area contributed by atoms with Crippen LogP contribution in [0.3, 0.4) is 0 Å². The molecule has 0 aliphatic rings. The molecule has 2 aromatic rings. The minimum Gasteiger partial charge on any atom is -0.482 e. The highest BCUT2D eigenvalue weighted by Crippen LogP contribution is 2.21. The van der Waals surface area contributed by atoms with Gasteiger partial charge in [-0.15, -0.1) is 0 Å². The molecule has 30 heavy (non-hydrogen) atoms. The number of nitrogens with one attached hydrogen (secondary N) is 1. The van der Waals surface area contributed by atoms with Gasteiger partial charge in [0.2, 0.25) is 0 Å². The van der Waals surface area contributed by atoms with Gasteiger partial charge in [-0.25, -0.2) is 4.79 Å². The Bertz CT molecular complexity index is 964. The lowest BCUT2D eigenvalue weighted by atomic mass is 10.1. The lowest BCUT2D eigenvalue weighted by molar-refractivity contribution is -0.136. The number of nitrogens with zero attached hydrogens (tertiary/aromatic N) is 1. The van der Waals surface area contributed by atoms with Crippen LogP contribution in [0.1, 0.15) is 11.1 Å². The van der Waals surface area contributed by atoms with Gasteiger partial charge in [0.05, 0.1) is 6.61 Å². The molecule has 0 aliphatic heterocycles. The Hall–Kier alpha value is -3.15. The maximum absolute atomic E-state index is 12.0. The second-order valence-corrected chi connectivity index (χ2v) is 7.02. The monoisotopic (exact) mass is 472 g/mol. The number of hydrogen-bond donors (Lipinski definition) is 1. The van der Waals surface area contributed by atoms with Crippen LogP contribution in [0.25, 0.3) is 6.08 Å². The third-order valence-corrected chi connectivity index (χ3v) is 4.76. The minimum absolute atomic E-state index is 0.0333. The van der Waals surface area contributed by atoms with Gasteiger partial charge in [0.25, 0.3) is 5.91 Å². The Labute approximate surface area is 183 Å². The number of benzene rings is 2. The van der Waals surface area contributed by atoms with Crippen molar-refractivity contribution < 1.29 is 23.8 Å². The number of carbonyl (C=O) groups is 2. The minimum atomic E-state index is -0.547. The van der Waals surface area contributed by atoms with E-state index >= 15 is 0 Å². The predicted molar refractivity (Wildman–Crippen MR) is 115 cm³/mol. The molecule has 8 heteroatoms. The van der Waals surface area contributed by atoms with E-state index in [1.54, 1.807) is 30.3 Å². The Morgan fingerprint density at radius 3 is 2.50 bits per heavy atom. The number of methoxy groups -OCH3 is 1. The number of carbonyl (C=O) groups excluding carboxylic acids is 2. The molecule has 0 radical (unpaired) electrons. The number of esters is 1. The van der Waals surface area contributed by atoms with E-state index in [1.807, 2.05) is 25.1 Å². The van der Waals surface area contributed by atoms with Crippen molar-refractivity contribution >= 4 is 33.9 Å². The summed E-state index contributed by atoms with van der Waals surface area (Å²) in [6.07, 6.45) is 1.45. The summed E-state index contributed by atoms with van der Waals surface area (Å²) >= 11 is 3.40. The maximum Gasteiger partial charge on any atom is 0.349 e. The molecule has 1 N–H and O–H groups in total. The summed E-state index contributed by atoms with van der Waals surface area (Å²) in [5.74, 6) is -0.129. The fraction of sp³-hybridized carbons (Fsp3) is 0.227. The Morgan fingerprint density at radius 1 is 1.17 bits per heavy atom. The summed E-state index contributed by atoms with van der Waals surface area (Å²) in [4.78, 5) is 23.9. The molecule has 2 rings (SSSR count). The number of nitriles is 1. The molecular weight excluding hydrogens is 452 g/mol. The molecule has 0 heterocycles. The van der Waals surface area contributed by atoms with Gasteiger partial charge >= 0.3 is 5.97 Å². The van der Waals surface area contributed by atoms with Crippen LogP contribution >= 0.6 is 15.9 Å². The number of halogens is 1. The van der Waals surface area contributed by atoms with Gasteiger partial charge in [0.15, 0.2) is 6.61 Å². The van der Waals surface area contributed by atoms with Crippen LogP contribution in [0.4, 0.5) is 0 Å². The molecule has 0 saturated carbocycles. The van der Waals surface area contributed by atoms with E-state index in [4.69, 9.17) is 14.2 Å². The fourth-order valence-corrected chi connectivity index (χ4v) is 2.57. The lowest BCUT2D eigenvalue weighted by Gasteiger charge is -2.08. The van der Waals surface area contributed by atoms with Crippen LogP contribution in [0.5, 0.6) is 11.5 Å². The highest BCUT2D eigenvalue weighted by atomic mass is 79.9. The highest BCUT2D eigenvalue weighted by Gasteiger charge is 2.10. The van der Waals surface area contributed by atoms with Crippen LogP contribution in [-0.2, 0) is 14.3 Å². The molecule has 0 atom stereocenters. The van der Waals surface area contributed by atoms with Gasteiger partial charge < -0.3 is 19.5 Å². The highest BCUT2D eigenvalue weighted by molar-refractivity contribution is 9.10. The summed E-state index contributed by atoms with van der Waals surface area (Å²) in [6, 6.07) is 13.7. The van der Waals surface area contributed by atoms with Gasteiger partial charge in [-0.1, -0.05) is 28.1 Å². The van der Waals surface area contributed by atoms with Crippen molar-refractivity contribution in [1.29, 1.82) is 5.26 Å². The van der Waals surface area contributed by atoms with E-state index in [1.165, 1.54) is 13.2 Å². The van der Waals surface area contributed by atoms with Gasteiger partial charge in [0, 0.05) is 18.1 Å². The zero-order valence-corrected chi connectivity index (χ0v) is 18.2. The molecule has 2 aromatic carbocycles. The second kappa shape index (κ2) is 11.8. The smallest absolute Gasteiger partial charge is 0.349 e. The van der Waals surface area contributed by atoms with Crippen LogP contribution in [0.15, 0.2) is 52.5 Å². The van der Waals surface area contributed by atoms with E-state index in [0.717, 1.165) is 10.0 Å². The van der Waals surface area contributed by atoms with Crippen molar-refractivity contribution in [2.75, 3.05) is 26.9 Å². The van der Waals surface area contributed by atoms with E-state index in [2.05, 4.69) is 21.2 Å². The fourth-order valence-electron chi connectivity index (χ4n) is 2.32. The lowest BCUT2D eigenvalue weighted by Crippen LogP contribution is -2.27. The van der Waals surface area contributed by atoms with Crippen LogP contribution in [-0.4, -0.2) is 38.7 Å². The number of rotatable bonds is 9. The molecule has 0 unspecified atom stereocenters. The zero-order chi connectivity index (χ0) is 21.9. The quantitative estimate of drug-likeness (QED) is 0.197. The molecule has 156 valence electrons.